The third-order valence-corrected chi connectivity index (χ3v) is 3.21. The van der Waals surface area contributed by atoms with Crippen LogP contribution in [0.3, 0.4) is 0 Å². The second-order valence-corrected chi connectivity index (χ2v) is 4.68. The number of likely N-dealkylation sites (N-methyl/N-ethyl adjacent to an activating group) is 1. The van der Waals surface area contributed by atoms with Crippen LogP contribution in [0, 0.1) is 5.82 Å². The van der Waals surface area contributed by atoms with Crippen molar-refractivity contribution in [1.29, 1.82) is 0 Å². The zero-order chi connectivity index (χ0) is 13.7. The second-order valence-electron chi connectivity index (χ2n) is 4.68. The summed E-state index contributed by atoms with van der Waals surface area (Å²) in [6.45, 7) is 1.39. The lowest BCUT2D eigenvalue weighted by Crippen LogP contribution is -2.20. The van der Waals surface area contributed by atoms with Crippen LogP contribution in [-0.4, -0.2) is 13.6 Å². The van der Waals surface area contributed by atoms with Crippen LogP contribution in [-0.2, 0) is 13.0 Å². The highest BCUT2D eigenvalue weighted by atomic mass is 19.1. The van der Waals surface area contributed by atoms with Crippen LogP contribution >= 0.6 is 0 Å². The van der Waals surface area contributed by atoms with Gasteiger partial charge in [-0.2, -0.15) is 0 Å². The molecule has 0 aromatic heterocycles. The van der Waals surface area contributed by atoms with Gasteiger partial charge in [-0.3, -0.25) is 0 Å². The topological polar surface area (TPSA) is 29.3 Å². The van der Waals surface area contributed by atoms with Crippen molar-refractivity contribution < 1.29 is 4.39 Å². The lowest BCUT2D eigenvalue weighted by atomic mass is 10.1. The van der Waals surface area contributed by atoms with E-state index in [1.54, 1.807) is 12.1 Å². The molecule has 0 radical (unpaired) electrons. The Kier molecular flexibility index (Phi) is 4.53. The summed E-state index contributed by atoms with van der Waals surface area (Å²) >= 11 is 0. The molecule has 2 aromatic carbocycles. The lowest BCUT2D eigenvalue weighted by molar-refractivity contribution is 0.625. The van der Waals surface area contributed by atoms with Crippen LogP contribution in [0.2, 0.25) is 0 Å². The number of hydrogen-bond donors (Lipinski definition) is 1. The molecule has 0 unspecified atom stereocenters. The quantitative estimate of drug-likeness (QED) is 0.893. The van der Waals surface area contributed by atoms with Gasteiger partial charge in [-0.1, -0.05) is 24.3 Å². The van der Waals surface area contributed by atoms with E-state index in [0.29, 0.717) is 6.54 Å². The smallest absolute Gasteiger partial charge is 0.123 e. The minimum Gasteiger partial charge on any atom is -0.374 e. The van der Waals surface area contributed by atoms with Gasteiger partial charge in [0.05, 0.1) is 0 Å². The maximum Gasteiger partial charge on any atom is 0.123 e. The highest BCUT2D eigenvalue weighted by molar-refractivity contribution is 5.48. The molecule has 0 saturated carbocycles. The van der Waals surface area contributed by atoms with Gasteiger partial charge in [-0.25, -0.2) is 4.39 Å². The highest BCUT2D eigenvalue weighted by Gasteiger charge is 2.03. The molecule has 3 heteroatoms. The fourth-order valence-electron chi connectivity index (χ4n) is 2.04. The maximum atomic E-state index is 13.1. The third kappa shape index (κ3) is 3.80. The van der Waals surface area contributed by atoms with Gasteiger partial charge < -0.3 is 10.6 Å². The number of rotatable bonds is 5. The zero-order valence-corrected chi connectivity index (χ0v) is 11.1. The molecule has 0 atom stereocenters. The lowest BCUT2D eigenvalue weighted by Gasteiger charge is -2.20. The van der Waals surface area contributed by atoms with Crippen molar-refractivity contribution in [3.8, 4) is 0 Å². The first-order chi connectivity index (χ1) is 9.19. The van der Waals surface area contributed by atoms with Gasteiger partial charge in [-0.05, 0) is 41.8 Å². The van der Waals surface area contributed by atoms with Gasteiger partial charge >= 0.3 is 0 Å². The minimum absolute atomic E-state index is 0.176. The fourth-order valence-corrected chi connectivity index (χ4v) is 2.04. The van der Waals surface area contributed by atoms with Crippen molar-refractivity contribution in [3.63, 3.8) is 0 Å². The van der Waals surface area contributed by atoms with E-state index in [-0.39, 0.29) is 5.82 Å². The average molecular weight is 258 g/mol. The number of anilines is 1. The van der Waals surface area contributed by atoms with Crippen LogP contribution in [0.1, 0.15) is 11.1 Å². The third-order valence-electron chi connectivity index (χ3n) is 3.21. The van der Waals surface area contributed by atoms with Crippen LogP contribution in [0.4, 0.5) is 10.1 Å². The molecule has 2 rings (SSSR count). The Labute approximate surface area is 113 Å². The Morgan fingerprint density at radius 1 is 1.05 bits per heavy atom. The molecule has 19 heavy (non-hydrogen) atoms. The number of halogens is 1. The van der Waals surface area contributed by atoms with Crippen molar-refractivity contribution in [2.75, 3.05) is 18.5 Å². The normalized spacial score (nSPS) is 10.5. The van der Waals surface area contributed by atoms with Crippen molar-refractivity contribution in [2.45, 2.75) is 13.0 Å². The molecule has 0 spiro atoms. The molecule has 0 fully saturated rings. The first-order valence-electron chi connectivity index (χ1n) is 6.43. The molecule has 2 nitrogen and oxygen atoms in total. The van der Waals surface area contributed by atoms with Crippen molar-refractivity contribution >= 4 is 5.69 Å². The fraction of sp³-hybridized carbons (Fsp3) is 0.250. The van der Waals surface area contributed by atoms with Gasteiger partial charge in [0.15, 0.2) is 0 Å². The van der Waals surface area contributed by atoms with E-state index in [0.717, 1.165) is 29.8 Å². The van der Waals surface area contributed by atoms with E-state index in [2.05, 4.69) is 17.0 Å². The van der Waals surface area contributed by atoms with Gasteiger partial charge in [0.2, 0.25) is 0 Å². The summed E-state index contributed by atoms with van der Waals surface area (Å²) in [7, 11) is 2.04. The Morgan fingerprint density at radius 3 is 2.53 bits per heavy atom. The van der Waals surface area contributed by atoms with E-state index < -0.39 is 0 Å². The monoisotopic (exact) mass is 258 g/mol. The summed E-state index contributed by atoms with van der Waals surface area (Å²) in [5.41, 5.74) is 8.91. The number of benzene rings is 2. The Morgan fingerprint density at radius 2 is 1.79 bits per heavy atom. The summed E-state index contributed by atoms with van der Waals surface area (Å²) in [6.07, 6.45) is 0.821. The summed E-state index contributed by atoms with van der Waals surface area (Å²) in [6, 6.07) is 14.9. The van der Waals surface area contributed by atoms with Gasteiger partial charge in [0, 0.05) is 25.8 Å². The number of hydrogen-bond acceptors (Lipinski definition) is 2. The molecule has 0 saturated heterocycles. The van der Waals surface area contributed by atoms with Crippen molar-refractivity contribution in [1.82, 2.24) is 0 Å². The van der Waals surface area contributed by atoms with Gasteiger partial charge in [0.25, 0.3) is 0 Å². The summed E-state index contributed by atoms with van der Waals surface area (Å²) in [4.78, 5) is 2.16. The maximum absolute atomic E-state index is 13.1. The first-order valence-corrected chi connectivity index (χ1v) is 6.43. The SMILES string of the molecule is CN(CCc1cccc(F)c1)c1cccc(CN)c1. The molecule has 0 aliphatic rings. The summed E-state index contributed by atoms with van der Waals surface area (Å²) < 4.78 is 13.1. The van der Waals surface area contributed by atoms with Crippen LogP contribution in [0.15, 0.2) is 48.5 Å². The van der Waals surface area contributed by atoms with Crippen LogP contribution in [0.25, 0.3) is 0 Å². The average Bonchev–Trinajstić information content (AvgIpc) is 2.45. The number of nitrogens with zero attached hydrogens (tertiary/aromatic N) is 1. The van der Waals surface area contributed by atoms with E-state index >= 15 is 0 Å². The highest BCUT2D eigenvalue weighted by Crippen LogP contribution is 2.15. The predicted molar refractivity (Wildman–Crippen MR) is 77.7 cm³/mol. The van der Waals surface area contributed by atoms with Crippen LogP contribution in [0.5, 0.6) is 0 Å². The molecule has 0 aliphatic heterocycles. The van der Waals surface area contributed by atoms with Gasteiger partial charge in [-0.15, -0.1) is 0 Å². The molecule has 0 heterocycles. The standard InChI is InChI=1S/C16H19FN2/c1-19(16-7-3-5-14(11-16)12-18)9-8-13-4-2-6-15(17)10-13/h2-7,10-11H,8-9,12,18H2,1H3. The predicted octanol–water partition coefficient (Wildman–Crippen LogP) is 2.96. The van der Waals surface area contributed by atoms with E-state index in [1.807, 2.05) is 25.2 Å². The number of nitrogens with two attached hydrogens (primary N) is 1. The van der Waals surface area contributed by atoms with E-state index in [9.17, 15) is 4.39 Å². The Balaban J connectivity index is 1.99. The van der Waals surface area contributed by atoms with E-state index in [4.69, 9.17) is 5.73 Å². The zero-order valence-electron chi connectivity index (χ0n) is 11.1. The van der Waals surface area contributed by atoms with Crippen molar-refractivity contribution in [2.24, 2.45) is 5.73 Å². The molecular formula is C16H19FN2. The van der Waals surface area contributed by atoms with Gasteiger partial charge in [0.1, 0.15) is 5.82 Å². The Bertz CT molecular complexity index is 540. The Hall–Kier alpha value is -1.87. The molecule has 2 N–H and O–H groups in total. The summed E-state index contributed by atoms with van der Waals surface area (Å²) in [5.74, 6) is -0.176. The van der Waals surface area contributed by atoms with E-state index in [1.165, 1.54) is 6.07 Å². The molecule has 2 aromatic rings. The molecular weight excluding hydrogens is 239 g/mol. The molecule has 100 valence electrons. The summed E-state index contributed by atoms with van der Waals surface area (Å²) in [5, 5.41) is 0. The molecule has 0 bridgehead atoms. The largest absolute Gasteiger partial charge is 0.374 e. The van der Waals surface area contributed by atoms with Crippen LogP contribution < -0.4 is 10.6 Å². The molecule has 0 aliphatic carbocycles. The molecule has 0 amide bonds. The second kappa shape index (κ2) is 6.34. The first kappa shape index (κ1) is 13.6. The van der Waals surface area contributed by atoms with Crippen molar-refractivity contribution in [3.05, 3.63) is 65.5 Å². The minimum atomic E-state index is -0.176.